The number of ketones is 1. The number of carbonyl (C=O) groups excluding carboxylic acids is 4. The lowest BCUT2D eigenvalue weighted by atomic mass is 9.78. The van der Waals surface area contributed by atoms with Crippen molar-refractivity contribution < 1.29 is 42.9 Å². The summed E-state index contributed by atoms with van der Waals surface area (Å²) < 4.78 is 25.6. The molecule has 37 heavy (non-hydrogen) atoms. The standard InChI is InChI=1S/C28H28O9/c1-3-25(29)35-17-33-22-11-9-20(10-12-22)27(31)19-5-7-21(8-6-19)28(32)37-24-15-13-23(14-16-24)34-18-36-26(30)4-2/h3-4,9-16,19,21H,1-2,5-8,17-18H2. The van der Waals surface area contributed by atoms with Gasteiger partial charge in [0.1, 0.15) is 17.2 Å². The van der Waals surface area contributed by atoms with Crippen LogP contribution < -0.4 is 14.2 Å². The molecule has 194 valence electrons. The maximum absolute atomic E-state index is 12.9. The molecule has 1 saturated carbocycles. The molecule has 0 unspecified atom stereocenters. The highest BCUT2D eigenvalue weighted by Crippen LogP contribution is 2.32. The van der Waals surface area contributed by atoms with Crippen molar-refractivity contribution in [3.8, 4) is 17.2 Å². The highest BCUT2D eigenvalue weighted by molar-refractivity contribution is 5.98. The summed E-state index contributed by atoms with van der Waals surface area (Å²) in [5, 5.41) is 0. The van der Waals surface area contributed by atoms with Gasteiger partial charge >= 0.3 is 17.9 Å². The van der Waals surface area contributed by atoms with Crippen LogP contribution in [0.1, 0.15) is 36.0 Å². The lowest BCUT2D eigenvalue weighted by molar-refractivity contribution is -0.145. The van der Waals surface area contributed by atoms with Gasteiger partial charge in [-0.1, -0.05) is 13.2 Å². The second kappa shape index (κ2) is 13.6. The minimum Gasteiger partial charge on any atom is -0.457 e. The molecule has 0 bridgehead atoms. The number of rotatable bonds is 12. The Morgan fingerprint density at radius 1 is 0.676 bits per heavy atom. The largest absolute Gasteiger partial charge is 0.457 e. The maximum atomic E-state index is 12.9. The number of hydrogen-bond donors (Lipinski definition) is 0. The van der Waals surface area contributed by atoms with Crippen LogP contribution in [-0.4, -0.2) is 37.3 Å². The molecular weight excluding hydrogens is 480 g/mol. The zero-order valence-electron chi connectivity index (χ0n) is 20.3. The molecule has 3 rings (SSSR count). The minimum absolute atomic E-state index is 0.0193. The lowest BCUT2D eigenvalue weighted by Crippen LogP contribution is -2.28. The van der Waals surface area contributed by atoms with Gasteiger partial charge in [0.25, 0.3) is 0 Å². The summed E-state index contributed by atoms with van der Waals surface area (Å²) in [5.74, 6) is -0.649. The SMILES string of the molecule is C=CC(=O)OCOc1ccc(OC(=O)C2CCC(C(=O)c3ccc(OCOC(=O)C=C)cc3)CC2)cc1. The Morgan fingerprint density at radius 3 is 1.59 bits per heavy atom. The first-order valence-corrected chi connectivity index (χ1v) is 11.7. The number of esters is 3. The van der Waals surface area contributed by atoms with Crippen molar-refractivity contribution in [1.82, 2.24) is 0 Å². The molecule has 0 radical (unpaired) electrons. The Kier molecular flexibility index (Phi) is 10.0. The summed E-state index contributed by atoms with van der Waals surface area (Å²) in [7, 11) is 0. The van der Waals surface area contributed by atoms with Crippen LogP contribution in [0.25, 0.3) is 0 Å². The van der Waals surface area contributed by atoms with Gasteiger partial charge < -0.3 is 23.7 Å². The Bertz CT molecular complexity index is 1110. The van der Waals surface area contributed by atoms with Gasteiger partial charge in [-0.3, -0.25) is 9.59 Å². The Hall–Kier alpha value is -4.40. The monoisotopic (exact) mass is 508 g/mol. The van der Waals surface area contributed by atoms with Crippen molar-refractivity contribution in [2.45, 2.75) is 25.7 Å². The van der Waals surface area contributed by atoms with Gasteiger partial charge in [-0.2, -0.15) is 0 Å². The second-order valence-electron chi connectivity index (χ2n) is 8.19. The average molecular weight is 509 g/mol. The van der Waals surface area contributed by atoms with E-state index in [0.29, 0.717) is 48.5 Å². The molecule has 0 heterocycles. The first-order valence-electron chi connectivity index (χ1n) is 11.7. The summed E-state index contributed by atoms with van der Waals surface area (Å²) in [6, 6.07) is 13.0. The molecule has 1 aliphatic carbocycles. The number of ether oxygens (including phenoxy) is 5. The number of Topliss-reactive ketones (excluding diaryl/α,β-unsaturated/α-hetero) is 1. The normalized spacial score (nSPS) is 16.5. The van der Waals surface area contributed by atoms with E-state index in [1.54, 1.807) is 48.5 Å². The molecule has 1 fully saturated rings. The van der Waals surface area contributed by atoms with E-state index in [1.165, 1.54) is 0 Å². The lowest BCUT2D eigenvalue weighted by Gasteiger charge is -2.26. The van der Waals surface area contributed by atoms with E-state index in [-0.39, 0.29) is 37.2 Å². The van der Waals surface area contributed by atoms with Crippen LogP contribution in [-0.2, 0) is 23.9 Å². The van der Waals surface area contributed by atoms with Crippen LogP contribution in [0.3, 0.4) is 0 Å². The number of hydrogen-bond acceptors (Lipinski definition) is 9. The van der Waals surface area contributed by atoms with Gasteiger partial charge in [-0.25, -0.2) is 9.59 Å². The Balaban J connectivity index is 1.42. The molecule has 1 aliphatic rings. The van der Waals surface area contributed by atoms with Crippen molar-refractivity contribution >= 4 is 23.7 Å². The van der Waals surface area contributed by atoms with E-state index in [9.17, 15) is 19.2 Å². The summed E-state index contributed by atoms with van der Waals surface area (Å²) in [4.78, 5) is 47.6. The predicted octanol–water partition coefficient (Wildman–Crippen LogP) is 4.41. The molecule has 0 amide bonds. The third kappa shape index (κ3) is 8.34. The van der Waals surface area contributed by atoms with Crippen molar-refractivity contribution in [3.05, 3.63) is 79.4 Å². The summed E-state index contributed by atoms with van der Waals surface area (Å²) in [6.45, 7) is 6.10. The third-order valence-electron chi connectivity index (χ3n) is 5.80. The van der Waals surface area contributed by atoms with E-state index >= 15 is 0 Å². The first kappa shape index (κ1) is 27.2. The average Bonchev–Trinajstić information content (AvgIpc) is 2.93. The fourth-order valence-corrected chi connectivity index (χ4v) is 3.77. The van der Waals surface area contributed by atoms with Crippen molar-refractivity contribution in [2.75, 3.05) is 13.6 Å². The summed E-state index contributed by atoms with van der Waals surface area (Å²) >= 11 is 0. The van der Waals surface area contributed by atoms with Crippen LogP contribution in [0.4, 0.5) is 0 Å². The molecule has 0 aromatic heterocycles. The van der Waals surface area contributed by atoms with Gasteiger partial charge in [-0.15, -0.1) is 0 Å². The second-order valence-corrected chi connectivity index (χ2v) is 8.19. The first-order chi connectivity index (χ1) is 17.9. The van der Waals surface area contributed by atoms with Crippen molar-refractivity contribution in [2.24, 2.45) is 11.8 Å². The molecule has 2 aromatic rings. The maximum Gasteiger partial charge on any atom is 0.333 e. The number of benzene rings is 2. The molecule has 0 atom stereocenters. The minimum atomic E-state index is -0.588. The van der Waals surface area contributed by atoms with Crippen molar-refractivity contribution in [3.63, 3.8) is 0 Å². The van der Waals surface area contributed by atoms with Crippen LogP contribution in [0, 0.1) is 11.8 Å². The molecular formula is C28H28O9. The Labute approximate surface area is 214 Å². The molecule has 9 nitrogen and oxygen atoms in total. The summed E-state index contributed by atoms with van der Waals surface area (Å²) in [5.41, 5.74) is 0.558. The van der Waals surface area contributed by atoms with E-state index in [4.69, 9.17) is 23.7 Å². The third-order valence-corrected chi connectivity index (χ3v) is 5.80. The van der Waals surface area contributed by atoms with E-state index in [1.807, 2.05) is 0 Å². The van der Waals surface area contributed by atoms with Gasteiger partial charge in [0.2, 0.25) is 13.6 Å². The van der Waals surface area contributed by atoms with E-state index < -0.39 is 11.9 Å². The van der Waals surface area contributed by atoms with Gasteiger partial charge in [0.15, 0.2) is 5.78 Å². The van der Waals surface area contributed by atoms with Crippen LogP contribution in [0.15, 0.2) is 73.8 Å². The zero-order chi connectivity index (χ0) is 26.6. The van der Waals surface area contributed by atoms with Gasteiger partial charge in [0, 0.05) is 23.6 Å². The van der Waals surface area contributed by atoms with Crippen LogP contribution >= 0.6 is 0 Å². The molecule has 9 heteroatoms. The van der Waals surface area contributed by atoms with Gasteiger partial charge in [0.05, 0.1) is 5.92 Å². The highest BCUT2D eigenvalue weighted by atomic mass is 16.7. The Morgan fingerprint density at radius 2 is 1.11 bits per heavy atom. The van der Waals surface area contributed by atoms with Gasteiger partial charge in [-0.05, 0) is 74.2 Å². The molecule has 2 aromatic carbocycles. The highest BCUT2D eigenvalue weighted by Gasteiger charge is 2.31. The number of carbonyl (C=O) groups is 4. The van der Waals surface area contributed by atoms with Crippen LogP contribution in [0.5, 0.6) is 17.2 Å². The van der Waals surface area contributed by atoms with E-state index in [0.717, 1.165) is 12.2 Å². The molecule has 0 spiro atoms. The topological polar surface area (TPSA) is 114 Å². The molecule has 0 saturated heterocycles. The quantitative estimate of drug-likeness (QED) is 0.135. The van der Waals surface area contributed by atoms with E-state index in [2.05, 4.69) is 13.2 Å². The van der Waals surface area contributed by atoms with Crippen molar-refractivity contribution in [1.29, 1.82) is 0 Å². The predicted molar refractivity (Wildman–Crippen MR) is 132 cm³/mol. The smallest absolute Gasteiger partial charge is 0.333 e. The summed E-state index contributed by atoms with van der Waals surface area (Å²) in [6.07, 6.45) is 4.37. The fraction of sp³-hybridized carbons (Fsp3) is 0.286. The zero-order valence-corrected chi connectivity index (χ0v) is 20.3. The van der Waals surface area contributed by atoms with Crippen LogP contribution in [0.2, 0.25) is 0 Å². The molecule has 0 N–H and O–H groups in total. The molecule has 0 aliphatic heterocycles. The fourth-order valence-electron chi connectivity index (χ4n) is 3.77.